The average Bonchev–Trinajstić information content (AvgIpc) is 3.24. The Morgan fingerprint density at radius 3 is 2.83 bits per heavy atom. The van der Waals surface area contributed by atoms with Gasteiger partial charge in [0.15, 0.2) is 0 Å². The summed E-state index contributed by atoms with van der Waals surface area (Å²) < 4.78 is 33.7. The van der Waals surface area contributed by atoms with Gasteiger partial charge in [0.2, 0.25) is 5.91 Å². The Morgan fingerprint density at radius 1 is 1.23 bits per heavy atom. The van der Waals surface area contributed by atoms with Gasteiger partial charge in [-0.05, 0) is 49.9 Å². The van der Waals surface area contributed by atoms with Gasteiger partial charge < -0.3 is 9.73 Å². The maximum absolute atomic E-state index is 13.7. The van der Waals surface area contributed by atoms with Crippen molar-refractivity contribution in [1.29, 1.82) is 0 Å². The molecule has 1 aliphatic carbocycles. The van der Waals surface area contributed by atoms with E-state index in [0.717, 1.165) is 54.8 Å². The Hall–Kier alpha value is -2.94. The van der Waals surface area contributed by atoms with Crippen molar-refractivity contribution in [2.24, 2.45) is 0 Å². The summed E-state index contributed by atoms with van der Waals surface area (Å²) in [6, 6.07) is 6.53. The van der Waals surface area contributed by atoms with E-state index < -0.39 is 17.5 Å². The number of nitrogens with one attached hydrogen (secondary N) is 1. The van der Waals surface area contributed by atoms with Gasteiger partial charge in [0.05, 0.1) is 24.2 Å². The van der Waals surface area contributed by atoms with Crippen LogP contribution in [0.25, 0.3) is 0 Å². The highest BCUT2D eigenvalue weighted by atomic mass is 32.2. The number of amides is 1. The Kier molecular flexibility index (Phi) is 5.98. The lowest BCUT2D eigenvalue weighted by molar-refractivity contribution is -0.113. The van der Waals surface area contributed by atoms with E-state index in [4.69, 9.17) is 4.42 Å². The highest BCUT2D eigenvalue weighted by molar-refractivity contribution is 8.00. The fourth-order valence-electron chi connectivity index (χ4n) is 3.50. The van der Waals surface area contributed by atoms with Gasteiger partial charge >= 0.3 is 5.69 Å². The molecule has 0 bridgehead atoms. The predicted molar refractivity (Wildman–Crippen MR) is 109 cm³/mol. The topological polar surface area (TPSA) is 77.1 Å². The van der Waals surface area contributed by atoms with Crippen LogP contribution in [0, 0.1) is 11.6 Å². The monoisotopic (exact) mass is 431 g/mol. The number of furan rings is 1. The number of aromatic nitrogens is 2. The Morgan fingerprint density at radius 2 is 2.07 bits per heavy atom. The number of thioether (sulfide) groups is 1. The second-order valence-corrected chi connectivity index (χ2v) is 7.92. The van der Waals surface area contributed by atoms with Crippen LogP contribution in [0.1, 0.15) is 29.9 Å². The number of halogens is 2. The van der Waals surface area contributed by atoms with Crippen LogP contribution in [0.5, 0.6) is 0 Å². The summed E-state index contributed by atoms with van der Waals surface area (Å²) in [5.41, 5.74) is 1.41. The quantitative estimate of drug-likeness (QED) is 0.475. The number of anilines is 1. The lowest BCUT2D eigenvalue weighted by Crippen LogP contribution is -2.30. The Bertz CT molecular complexity index is 1130. The molecule has 0 atom stereocenters. The third kappa shape index (κ3) is 4.46. The standard InChI is InChI=1S/C21H19F2N3O3S/c22-13-7-8-17(16(23)10-13)24-19(27)12-30-20-15-5-1-2-6-18(15)26(21(28)25-20)11-14-4-3-9-29-14/h3-4,7-10H,1-2,5-6,11-12H2,(H,24,27). The van der Waals surface area contributed by atoms with E-state index in [-0.39, 0.29) is 17.1 Å². The van der Waals surface area contributed by atoms with Crippen molar-refractivity contribution in [1.82, 2.24) is 9.55 Å². The number of hydrogen-bond acceptors (Lipinski definition) is 5. The third-order valence-corrected chi connectivity index (χ3v) is 5.91. The molecule has 2 aromatic heterocycles. The van der Waals surface area contributed by atoms with Crippen molar-refractivity contribution in [3.8, 4) is 0 Å². The fourth-order valence-corrected chi connectivity index (χ4v) is 4.38. The molecule has 0 radical (unpaired) electrons. The molecule has 3 aromatic rings. The van der Waals surface area contributed by atoms with Gasteiger partial charge in [0.1, 0.15) is 22.4 Å². The minimum atomic E-state index is -0.843. The number of carbonyl (C=O) groups is 1. The maximum Gasteiger partial charge on any atom is 0.349 e. The first-order valence-electron chi connectivity index (χ1n) is 9.54. The van der Waals surface area contributed by atoms with Gasteiger partial charge in [-0.1, -0.05) is 11.8 Å². The van der Waals surface area contributed by atoms with Crippen LogP contribution < -0.4 is 11.0 Å². The van der Waals surface area contributed by atoms with Crippen molar-refractivity contribution in [3.05, 3.63) is 75.7 Å². The van der Waals surface area contributed by atoms with Crippen LogP contribution in [0.2, 0.25) is 0 Å². The first kappa shape index (κ1) is 20.3. The molecule has 1 aliphatic rings. The number of benzene rings is 1. The molecule has 156 valence electrons. The number of rotatable bonds is 6. The highest BCUT2D eigenvalue weighted by Gasteiger charge is 2.22. The Balaban J connectivity index is 1.52. The van der Waals surface area contributed by atoms with E-state index in [1.165, 1.54) is 6.07 Å². The van der Waals surface area contributed by atoms with Crippen LogP contribution in [-0.4, -0.2) is 21.2 Å². The Labute approximate surface area is 175 Å². The zero-order chi connectivity index (χ0) is 21.1. The van der Waals surface area contributed by atoms with Crippen LogP contribution in [0.4, 0.5) is 14.5 Å². The molecule has 1 aromatic carbocycles. The minimum absolute atomic E-state index is 0.0438. The molecule has 0 saturated carbocycles. The van der Waals surface area contributed by atoms with E-state index in [0.29, 0.717) is 23.4 Å². The van der Waals surface area contributed by atoms with Crippen molar-refractivity contribution < 1.29 is 18.0 Å². The molecule has 1 amide bonds. The normalized spacial score (nSPS) is 13.1. The number of fused-ring (bicyclic) bond motifs is 1. The summed E-state index contributed by atoms with van der Waals surface area (Å²) in [5, 5.41) is 2.95. The summed E-state index contributed by atoms with van der Waals surface area (Å²) in [6.45, 7) is 0.316. The second-order valence-electron chi connectivity index (χ2n) is 6.96. The van der Waals surface area contributed by atoms with Crippen molar-refractivity contribution >= 4 is 23.4 Å². The molecule has 0 aliphatic heterocycles. The van der Waals surface area contributed by atoms with Gasteiger partial charge in [-0.25, -0.2) is 13.6 Å². The molecular formula is C21H19F2N3O3S. The first-order valence-corrected chi connectivity index (χ1v) is 10.5. The smallest absolute Gasteiger partial charge is 0.349 e. The SMILES string of the molecule is O=C(CSc1nc(=O)n(Cc2ccco2)c2c1CCCC2)Nc1ccc(F)cc1F. The highest BCUT2D eigenvalue weighted by Crippen LogP contribution is 2.29. The van der Waals surface area contributed by atoms with Crippen LogP contribution >= 0.6 is 11.8 Å². The molecule has 1 N–H and O–H groups in total. The maximum atomic E-state index is 13.7. The lowest BCUT2D eigenvalue weighted by Gasteiger charge is -2.22. The summed E-state index contributed by atoms with van der Waals surface area (Å²) in [4.78, 5) is 29.1. The van der Waals surface area contributed by atoms with Gasteiger partial charge in [-0.15, -0.1) is 0 Å². The van der Waals surface area contributed by atoms with E-state index in [9.17, 15) is 18.4 Å². The van der Waals surface area contributed by atoms with Gasteiger partial charge in [0, 0.05) is 17.3 Å². The van der Waals surface area contributed by atoms with Crippen molar-refractivity contribution in [2.45, 2.75) is 37.3 Å². The van der Waals surface area contributed by atoms with Gasteiger partial charge in [-0.2, -0.15) is 4.98 Å². The molecule has 0 fully saturated rings. The number of nitrogens with zero attached hydrogens (tertiary/aromatic N) is 2. The lowest BCUT2D eigenvalue weighted by atomic mass is 9.97. The number of carbonyl (C=O) groups excluding carboxylic acids is 1. The molecule has 0 unspecified atom stereocenters. The molecule has 6 nitrogen and oxygen atoms in total. The summed E-state index contributed by atoms with van der Waals surface area (Å²) in [5.74, 6) is -1.39. The van der Waals surface area contributed by atoms with Gasteiger partial charge in [-0.3, -0.25) is 9.36 Å². The summed E-state index contributed by atoms with van der Waals surface area (Å²) >= 11 is 1.15. The molecule has 0 spiro atoms. The van der Waals surface area contributed by atoms with E-state index >= 15 is 0 Å². The molecule has 9 heteroatoms. The average molecular weight is 431 g/mol. The molecule has 2 heterocycles. The minimum Gasteiger partial charge on any atom is -0.467 e. The van der Waals surface area contributed by atoms with Crippen molar-refractivity contribution in [2.75, 3.05) is 11.1 Å². The first-order chi connectivity index (χ1) is 14.5. The van der Waals surface area contributed by atoms with E-state index in [1.807, 2.05) is 6.07 Å². The molecule has 30 heavy (non-hydrogen) atoms. The molecular weight excluding hydrogens is 412 g/mol. The zero-order valence-corrected chi connectivity index (χ0v) is 16.8. The van der Waals surface area contributed by atoms with Crippen LogP contribution in [-0.2, 0) is 24.2 Å². The van der Waals surface area contributed by atoms with Crippen LogP contribution in [0.3, 0.4) is 0 Å². The van der Waals surface area contributed by atoms with E-state index in [2.05, 4.69) is 10.3 Å². The molecule has 0 saturated heterocycles. The summed E-state index contributed by atoms with van der Waals surface area (Å²) in [7, 11) is 0. The predicted octanol–water partition coefficient (Wildman–Crippen LogP) is 3.77. The molecule has 4 rings (SSSR count). The zero-order valence-electron chi connectivity index (χ0n) is 16.0. The largest absolute Gasteiger partial charge is 0.467 e. The number of hydrogen-bond donors (Lipinski definition) is 1. The van der Waals surface area contributed by atoms with E-state index in [1.54, 1.807) is 16.9 Å². The fraction of sp³-hybridized carbons (Fsp3) is 0.286. The second kappa shape index (κ2) is 8.83. The van der Waals surface area contributed by atoms with Gasteiger partial charge in [0.25, 0.3) is 0 Å². The summed E-state index contributed by atoms with van der Waals surface area (Å²) in [6.07, 6.45) is 5.05. The third-order valence-electron chi connectivity index (χ3n) is 4.89. The van der Waals surface area contributed by atoms with Crippen molar-refractivity contribution in [3.63, 3.8) is 0 Å². The van der Waals surface area contributed by atoms with Crippen LogP contribution in [0.15, 0.2) is 50.8 Å².